The van der Waals surface area contributed by atoms with Gasteiger partial charge < -0.3 is 19.9 Å². The van der Waals surface area contributed by atoms with E-state index >= 15 is 0 Å². The minimum absolute atomic E-state index is 0.0444. The second-order valence-electron chi connectivity index (χ2n) is 4.91. The summed E-state index contributed by atoms with van der Waals surface area (Å²) in [5, 5.41) is 15.6. The number of rotatable bonds is 7. The van der Waals surface area contributed by atoms with Crippen molar-refractivity contribution in [1.29, 1.82) is 0 Å². The summed E-state index contributed by atoms with van der Waals surface area (Å²) in [4.78, 5) is 22.5. The summed E-state index contributed by atoms with van der Waals surface area (Å²) in [5.41, 5.74) is 1.15. The molecule has 1 aliphatic rings. The van der Waals surface area contributed by atoms with Crippen molar-refractivity contribution in [2.24, 2.45) is 0 Å². The van der Waals surface area contributed by atoms with Gasteiger partial charge in [-0.15, -0.1) is 0 Å². The van der Waals surface area contributed by atoms with E-state index in [0.29, 0.717) is 32.5 Å². The lowest BCUT2D eigenvalue weighted by atomic mass is 10.1. The van der Waals surface area contributed by atoms with Crippen molar-refractivity contribution in [2.75, 3.05) is 19.8 Å². The maximum atomic E-state index is 12.0. The molecule has 1 fully saturated rings. The van der Waals surface area contributed by atoms with E-state index in [1.807, 2.05) is 16.8 Å². The maximum absolute atomic E-state index is 12.0. The van der Waals surface area contributed by atoms with Gasteiger partial charge in [0.2, 0.25) is 5.91 Å². The van der Waals surface area contributed by atoms with Gasteiger partial charge in [0.1, 0.15) is 12.7 Å². The Bertz CT molecular complexity index is 462. The average Bonchev–Trinajstić information content (AvgIpc) is 2.97. The first-order valence-electron chi connectivity index (χ1n) is 6.86. The van der Waals surface area contributed by atoms with Crippen molar-refractivity contribution in [2.45, 2.75) is 31.4 Å². The third kappa shape index (κ3) is 5.45. The standard InChI is InChI=1S/C14H19NO5S/c16-13(2-1-10-4-6-21-9-10)15-11-3-5-19-7-12(11)20-8-14(17)18/h4,6,9,11-12H,1-3,5,7-8H2,(H,15,16)(H,17,18)/t11-,12-/m1/s1. The predicted molar refractivity (Wildman–Crippen MR) is 77.4 cm³/mol. The molecule has 0 spiro atoms. The molecule has 116 valence electrons. The van der Waals surface area contributed by atoms with Crippen LogP contribution in [0.3, 0.4) is 0 Å². The molecule has 1 amide bonds. The summed E-state index contributed by atoms with van der Waals surface area (Å²) in [6.07, 6.45) is 1.35. The zero-order valence-corrected chi connectivity index (χ0v) is 12.4. The summed E-state index contributed by atoms with van der Waals surface area (Å²) >= 11 is 1.61. The third-order valence-corrected chi connectivity index (χ3v) is 4.02. The molecular weight excluding hydrogens is 294 g/mol. The largest absolute Gasteiger partial charge is 0.480 e. The number of amides is 1. The van der Waals surface area contributed by atoms with E-state index in [2.05, 4.69) is 5.32 Å². The van der Waals surface area contributed by atoms with Gasteiger partial charge in [-0.1, -0.05) is 0 Å². The fourth-order valence-corrected chi connectivity index (χ4v) is 2.89. The maximum Gasteiger partial charge on any atom is 0.329 e. The molecule has 2 N–H and O–H groups in total. The lowest BCUT2D eigenvalue weighted by Gasteiger charge is -2.31. The van der Waals surface area contributed by atoms with E-state index in [0.717, 1.165) is 5.56 Å². The smallest absolute Gasteiger partial charge is 0.329 e. The number of carboxylic acids is 1. The summed E-state index contributed by atoms with van der Waals surface area (Å²) in [6, 6.07) is 1.82. The number of carbonyl (C=O) groups is 2. The van der Waals surface area contributed by atoms with Gasteiger partial charge in [0.05, 0.1) is 12.6 Å². The number of hydrogen-bond donors (Lipinski definition) is 2. The highest BCUT2D eigenvalue weighted by molar-refractivity contribution is 7.07. The van der Waals surface area contributed by atoms with Crippen LogP contribution in [0.1, 0.15) is 18.4 Å². The van der Waals surface area contributed by atoms with Crippen molar-refractivity contribution < 1.29 is 24.2 Å². The molecule has 2 heterocycles. The number of carboxylic acid groups (broad SMARTS) is 1. The zero-order valence-electron chi connectivity index (χ0n) is 11.6. The van der Waals surface area contributed by atoms with E-state index in [1.54, 1.807) is 11.3 Å². The van der Waals surface area contributed by atoms with Gasteiger partial charge in [-0.2, -0.15) is 11.3 Å². The quantitative estimate of drug-likeness (QED) is 0.786. The van der Waals surface area contributed by atoms with Crippen LogP contribution in [-0.4, -0.2) is 48.9 Å². The minimum atomic E-state index is -1.02. The van der Waals surface area contributed by atoms with Gasteiger partial charge in [0.25, 0.3) is 0 Å². The second-order valence-corrected chi connectivity index (χ2v) is 5.69. The molecule has 0 aromatic carbocycles. The average molecular weight is 313 g/mol. The number of nitrogens with one attached hydrogen (secondary N) is 1. The van der Waals surface area contributed by atoms with E-state index in [-0.39, 0.29) is 18.6 Å². The van der Waals surface area contributed by atoms with Gasteiger partial charge in [-0.05, 0) is 35.2 Å². The highest BCUT2D eigenvalue weighted by atomic mass is 32.1. The first-order valence-corrected chi connectivity index (χ1v) is 7.81. The Kier molecular flexibility index (Phi) is 6.16. The number of aryl methyl sites for hydroxylation is 1. The number of hydrogen-bond acceptors (Lipinski definition) is 5. The Morgan fingerprint density at radius 2 is 2.38 bits per heavy atom. The summed E-state index contributed by atoms with van der Waals surface area (Å²) in [5.74, 6) is -1.07. The van der Waals surface area contributed by atoms with Gasteiger partial charge in [-0.25, -0.2) is 4.79 Å². The van der Waals surface area contributed by atoms with Crippen molar-refractivity contribution in [3.8, 4) is 0 Å². The normalized spacial score (nSPS) is 21.9. The van der Waals surface area contributed by atoms with Gasteiger partial charge in [-0.3, -0.25) is 4.79 Å². The zero-order chi connectivity index (χ0) is 15.1. The molecule has 0 saturated carbocycles. The molecule has 0 unspecified atom stereocenters. The van der Waals surface area contributed by atoms with Crippen LogP contribution >= 0.6 is 11.3 Å². The molecule has 7 heteroatoms. The second kappa shape index (κ2) is 8.11. The van der Waals surface area contributed by atoms with E-state index in [4.69, 9.17) is 14.6 Å². The van der Waals surface area contributed by atoms with Crippen molar-refractivity contribution in [1.82, 2.24) is 5.32 Å². The molecular formula is C14H19NO5S. The molecule has 2 atom stereocenters. The molecule has 2 rings (SSSR count). The van der Waals surface area contributed by atoms with Crippen LogP contribution in [0.25, 0.3) is 0 Å². The monoisotopic (exact) mass is 313 g/mol. The molecule has 21 heavy (non-hydrogen) atoms. The fourth-order valence-electron chi connectivity index (χ4n) is 2.19. The number of aliphatic carboxylic acids is 1. The Labute approximate surface area is 127 Å². The molecule has 0 bridgehead atoms. The van der Waals surface area contributed by atoms with Gasteiger partial charge >= 0.3 is 5.97 Å². The van der Waals surface area contributed by atoms with Gasteiger partial charge in [0, 0.05) is 13.0 Å². The Balaban J connectivity index is 1.77. The minimum Gasteiger partial charge on any atom is -0.480 e. The Hall–Kier alpha value is -1.44. The molecule has 1 aromatic heterocycles. The van der Waals surface area contributed by atoms with E-state index in [1.165, 1.54) is 0 Å². The van der Waals surface area contributed by atoms with Crippen molar-refractivity contribution >= 4 is 23.2 Å². The molecule has 6 nitrogen and oxygen atoms in total. The van der Waals surface area contributed by atoms with Crippen LogP contribution in [0, 0.1) is 0 Å². The predicted octanol–water partition coefficient (Wildman–Crippen LogP) is 1.06. The number of thiophene rings is 1. The molecule has 1 aromatic rings. The first kappa shape index (κ1) is 15.9. The summed E-state index contributed by atoms with van der Waals surface area (Å²) < 4.78 is 10.5. The first-order chi connectivity index (χ1) is 10.1. The van der Waals surface area contributed by atoms with E-state index < -0.39 is 12.1 Å². The van der Waals surface area contributed by atoms with Crippen LogP contribution in [0.15, 0.2) is 16.8 Å². The SMILES string of the molecule is O=C(O)CO[C@@H]1COCC[C@H]1NC(=O)CCc1ccsc1. The van der Waals surface area contributed by atoms with Crippen molar-refractivity contribution in [3.63, 3.8) is 0 Å². The molecule has 0 radical (unpaired) electrons. The Morgan fingerprint density at radius 1 is 1.52 bits per heavy atom. The fraction of sp³-hybridized carbons (Fsp3) is 0.571. The lowest BCUT2D eigenvalue weighted by molar-refractivity contribution is -0.149. The van der Waals surface area contributed by atoms with Crippen LogP contribution < -0.4 is 5.32 Å². The van der Waals surface area contributed by atoms with E-state index in [9.17, 15) is 9.59 Å². The van der Waals surface area contributed by atoms with Crippen LogP contribution in [0.5, 0.6) is 0 Å². The Morgan fingerprint density at radius 3 is 3.10 bits per heavy atom. The van der Waals surface area contributed by atoms with Crippen LogP contribution in [-0.2, 0) is 25.5 Å². The number of ether oxygens (including phenoxy) is 2. The van der Waals surface area contributed by atoms with Crippen molar-refractivity contribution in [3.05, 3.63) is 22.4 Å². The van der Waals surface area contributed by atoms with Crippen LogP contribution in [0.4, 0.5) is 0 Å². The highest BCUT2D eigenvalue weighted by Gasteiger charge is 2.28. The molecule has 1 aliphatic heterocycles. The molecule has 0 aliphatic carbocycles. The summed E-state index contributed by atoms with van der Waals surface area (Å²) in [6.45, 7) is 0.473. The highest BCUT2D eigenvalue weighted by Crippen LogP contribution is 2.13. The summed E-state index contributed by atoms with van der Waals surface area (Å²) in [7, 11) is 0. The third-order valence-electron chi connectivity index (χ3n) is 3.29. The van der Waals surface area contributed by atoms with Gasteiger partial charge in [0.15, 0.2) is 0 Å². The molecule has 1 saturated heterocycles. The topological polar surface area (TPSA) is 84.9 Å². The number of carbonyl (C=O) groups excluding carboxylic acids is 1. The lowest BCUT2D eigenvalue weighted by Crippen LogP contribution is -2.50. The van der Waals surface area contributed by atoms with Crippen LogP contribution in [0.2, 0.25) is 0 Å².